The molecular weight excluding hydrogens is 267 g/mol. The Hall–Kier alpha value is -2.54. The average molecular weight is 284 g/mol. The lowest BCUT2D eigenvalue weighted by Gasteiger charge is -2.18. The summed E-state index contributed by atoms with van der Waals surface area (Å²) in [6, 6.07) is 14.3. The van der Waals surface area contributed by atoms with Gasteiger partial charge in [0.15, 0.2) is 6.61 Å². The zero-order valence-corrected chi connectivity index (χ0v) is 12.1. The van der Waals surface area contributed by atoms with Crippen molar-refractivity contribution >= 4 is 5.69 Å². The molecule has 1 unspecified atom stereocenters. The van der Waals surface area contributed by atoms with Crippen LogP contribution in [-0.2, 0) is 0 Å². The summed E-state index contributed by atoms with van der Waals surface area (Å²) < 4.78 is 19.0. The van der Waals surface area contributed by atoms with Crippen LogP contribution < -0.4 is 10.1 Å². The lowest BCUT2D eigenvalue weighted by molar-refractivity contribution is 0.368. The van der Waals surface area contributed by atoms with Gasteiger partial charge < -0.3 is 10.1 Å². The van der Waals surface area contributed by atoms with E-state index in [2.05, 4.69) is 5.32 Å². The van der Waals surface area contributed by atoms with Gasteiger partial charge in [-0.3, -0.25) is 0 Å². The first-order chi connectivity index (χ1) is 10.1. The third-order valence-electron chi connectivity index (χ3n) is 3.27. The molecule has 0 bridgehead atoms. The molecule has 0 aliphatic carbocycles. The normalized spacial score (nSPS) is 11.5. The average Bonchev–Trinajstić information content (AvgIpc) is 2.49. The van der Waals surface area contributed by atoms with E-state index in [1.165, 1.54) is 6.07 Å². The van der Waals surface area contributed by atoms with Crippen LogP contribution in [0.2, 0.25) is 0 Å². The summed E-state index contributed by atoms with van der Waals surface area (Å²) in [4.78, 5) is 0. The largest absolute Gasteiger partial charge is 0.479 e. The Bertz CT molecular complexity index is 627. The van der Waals surface area contributed by atoms with Crippen LogP contribution in [0.15, 0.2) is 42.5 Å². The molecule has 2 rings (SSSR count). The van der Waals surface area contributed by atoms with Gasteiger partial charge in [-0.15, -0.1) is 0 Å². The summed E-state index contributed by atoms with van der Waals surface area (Å²) in [7, 11) is 0. The Morgan fingerprint density at radius 1 is 1.24 bits per heavy atom. The highest BCUT2D eigenvalue weighted by Gasteiger charge is 2.10. The van der Waals surface area contributed by atoms with E-state index in [0.717, 1.165) is 11.1 Å². The highest BCUT2D eigenvalue weighted by molar-refractivity contribution is 5.53. The van der Waals surface area contributed by atoms with Crippen LogP contribution in [0.1, 0.15) is 24.1 Å². The minimum Gasteiger partial charge on any atom is -0.479 e. The highest BCUT2D eigenvalue weighted by atomic mass is 19.1. The van der Waals surface area contributed by atoms with Gasteiger partial charge in [0.2, 0.25) is 0 Å². The molecule has 0 aliphatic rings. The van der Waals surface area contributed by atoms with Gasteiger partial charge in [-0.2, -0.15) is 5.26 Å². The molecule has 21 heavy (non-hydrogen) atoms. The first-order valence-corrected chi connectivity index (χ1v) is 6.73. The molecule has 2 aromatic rings. The molecule has 0 radical (unpaired) electrons. The number of benzene rings is 2. The number of nitrogens with zero attached hydrogens (tertiary/aromatic N) is 1. The molecule has 0 saturated carbocycles. The second-order valence-electron chi connectivity index (χ2n) is 4.81. The van der Waals surface area contributed by atoms with E-state index in [0.29, 0.717) is 11.4 Å². The molecule has 3 nitrogen and oxygen atoms in total. The number of anilines is 1. The maximum Gasteiger partial charge on any atom is 0.174 e. The summed E-state index contributed by atoms with van der Waals surface area (Å²) in [5, 5.41) is 11.7. The Morgan fingerprint density at radius 3 is 2.57 bits per heavy atom. The van der Waals surface area contributed by atoms with Crippen molar-refractivity contribution in [1.29, 1.82) is 5.26 Å². The topological polar surface area (TPSA) is 45.0 Å². The van der Waals surface area contributed by atoms with Crippen molar-refractivity contribution in [2.24, 2.45) is 0 Å². The minimum atomic E-state index is -0.254. The van der Waals surface area contributed by atoms with Crippen LogP contribution in [-0.4, -0.2) is 6.61 Å². The predicted molar refractivity (Wildman–Crippen MR) is 80.7 cm³/mol. The molecule has 0 fully saturated rings. The summed E-state index contributed by atoms with van der Waals surface area (Å²) in [6.45, 7) is 3.87. The van der Waals surface area contributed by atoms with E-state index in [1.807, 2.05) is 38.1 Å². The van der Waals surface area contributed by atoms with Crippen molar-refractivity contribution in [2.45, 2.75) is 19.9 Å². The van der Waals surface area contributed by atoms with Gasteiger partial charge in [-0.05, 0) is 43.2 Å². The third kappa shape index (κ3) is 3.73. The van der Waals surface area contributed by atoms with E-state index < -0.39 is 0 Å². The van der Waals surface area contributed by atoms with Gasteiger partial charge in [0, 0.05) is 6.04 Å². The van der Waals surface area contributed by atoms with Gasteiger partial charge in [-0.25, -0.2) is 4.39 Å². The fourth-order valence-corrected chi connectivity index (χ4v) is 2.08. The Labute approximate surface area is 124 Å². The number of para-hydroxylation sites is 1. The molecule has 0 aliphatic heterocycles. The highest BCUT2D eigenvalue weighted by Crippen LogP contribution is 2.25. The van der Waals surface area contributed by atoms with Crippen molar-refractivity contribution in [3.05, 3.63) is 59.4 Å². The van der Waals surface area contributed by atoms with Gasteiger partial charge in [0.1, 0.15) is 17.6 Å². The SMILES string of the molecule is Cc1cccc(F)c1NC(C)c1ccc(OCC#N)cc1. The van der Waals surface area contributed by atoms with Crippen LogP contribution in [0.3, 0.4) is 0 Å². The first-order valence-electron chi connectivity index (χ1n) is 6.73. The van der Waals surface area contributed by atoms with Crippen LogP contribution in [0, 0.1) is 24.1 Å². The van der Waals surface area contributed by atoms with Gasteiger partial charge in [0.05, 0.1) is 5.69 Å². The number of halogens is 1. The summed E-state index contributed by atoms with van der Waals surface area (Å²) >= 11 is 0. The van der Waals surface area contributed by atoms with E-state index in [-0.39, 0.29) is 18.5 Å². The number of rotatable bonds is 5. The molecule has 0 heterocycles. The Morgan fingerprint density at radius 2 is 1.95 bits per heavy atom. The molecular formula is C17H17FN2O. The zero-order chi connectivity index (χ0) is 15.2. The van der Waals surface area contributed by atoms with Crippen molar-refractivity contribution in [3.8, 4) is 11.8 Å². The standard InChI is InChI=1S/C17H17FN2O/c1-12-4-3-5-16(18)17(12)20-13(2)14-6-8-15(9-7-14)21-11-10-19/h3-9,13,20H,11H2,1-2H3. The second kappa shape index (κ2) is 6.76. The van der Waals surface area contributed by atoms with E-state index in [9.17, 15) is 4.39 Å². The van der Waals surface area contributed by atoms with E-state index >= 15 is 0 Å². The number of hydrogen-bond acceptors (Lipinski definition) is 3. The molecule has 4 heteroatoms. The van der Waals surface area contributed by atoms with Gasteiger partial charge in [-0.1, -0.05) is 24.3 Å². The van der Waals surface area contributed by atoms with E-state index in [4.69, 9.17) is 10.00 Å². The molecule has 0 saturated heterocycles. The maximum atomic E-state index is 13.8. The van der Waals surface area contributed by atoms with Gasteiger partial charge in [0.25, 0.3) is 0 Å². The second-order valence-corrected chi connectivity index (χ2v) is 4.81. The number of nitriles is 1. The molecule has 108 valence electrons. The fraction of sp³-hybridized carbons (Fsp3) is 0.235. The molecule has 0 aromatic heterocycles. The minimum absolute atomic E-state index is 0.0293. The van der Waals surface area contributed by atoms with Crippen molar-refractivity contribution in [2.75, 3.05) is 11.9 Å². The van der Waals surface area contributed by atoms with Crippen molar-refractivity contribution < 1.29 is 9.13 Å². The fourth-order valence-electron chi connectivity index (χ4n) is 2.08. The number of ether oxygens (including phenoxy) is 1. The lowest BCUT2D eigenvalue weighted by Crippen LogP contribution is -2.09. The van der Waals surface area contributed by atoms with E-state index in [1.54, 1.807) is 18.2 Å². The van der Waals surface area contributed by atoms with Crippen LogP contribution >= 0.6 is 0 Å². The molecule has 1 atom stereocenters. The summed E-state index contributed by atoms with van der Waals surface area (Å²) in [5.74, 6) is 0.394. The monoisotopic (exact) mass is 284 g/mol. The van der Waals surface area contributed by atoms with Crippen LogP contribution in [0.4, 0.5) is 10.1 Å². The molecule has 2 aromatic carbocycles. The maximum absolute atomic E-state index is 13.8. The summed E-state index contributed by atoms with van der Waals surface area (Å²) in [6.07, 6.45) is 0. The molecule has 0 amide bonds. The third-order valence-corrected chi connectivity index (χ3v) is 3.27. The van der Waals surface area contributed by atoms with Crippen molar-refractivity contribution in [3.63, 3.8) is 0 Å². The number of hydrogen-bond donors (Lipinski definition) is 1. The smallest absolute Gasteiger partial charge is 0.174 e. The quantitative estimate of drug-likeness (QED) is 0.894. The summed E-state index contributed by atoms with van der Waals surface area (Å²) in [5.41, 5.74) is 2.41. The van der Waals surface area contributed by atoms with Gasteiger partial charge >= 0.3 is 0 Å². The molecule has 1 N–H and O–H groups in total. The number of nitrogens with one attached hydrogen (secondary N) is 1. The Kier molecular flexibility index (Phi) is 4.78. The Balaban J connectivity index is 2.10. The lowest BCUT2D eigenvalue weighted by atomic mass is 10.1. The van der Waals surface area contributed by atoms with Crippen LogP contribution in [0.25, 0.3) is 0 Å². The molecule has 0 spiro atoms. The predicted octanol–water partition coefficient (Wildman–Crippen LogP) is 4.21. The first kappa shape index (κ1) is 14.9. The van der Waals surface area contributed by atoms with Crippen LogP contribution in [0.5, 0.6) is 5.75 Å². The number of aryl methyl sites for hydroxylation is 1. The van der Waals surface area contributed by atoms with Crippen molar-refractivity contribution in [1.82, 2.24) is 0 Å². The zero-order valence-electron chi connectivity index (χ0n) is 12.1.